The average molecular weight is 380 g/mol. The molecule has 2 spiro atoms. The second-order valence-corrected chi connectivity index (χ2v) is 10.5. The van der Waals surface area contributed by atoms with Gasteiger partial charge in [-0.3, -0.25) is 14.5 Å². The van der Waals surface area contributed by atoms with E-state index < -0.39 is 0 Å². The number of imide groups is 1. The highest BCUT2D eigenvalue weighted by atomic mass is 32.2. The molecule has 2 amide bonds. The molecule has 2 saturated heterocycles. The van der Waals surface area contributed by atoms with Gasteiger partial charge in [0.05, 0.1) is 17.5 Å². The number of hydrogen-bond donors (Lipinski definition) is 0. The predicted molar refractivity (Wildman–Crippen MR) is 107 cm³/mol. The topological polar surface area (TPSA) is 37.4 Å². The fraction of sp³-hybridized carbons (Fsp3) is 0.565. The van der Waals surface area contributed by atoms with Gasteiger partial charge in [0.1, 0.15) is 0 Å². The van der Waals surface area contributed by atoms with Crippen LogP contribution in [0.4, 0.5) is 5.69 Å². The minimum absolute atomic E-state index is 0.0512. The molecule has 4 aliphatic carbocycles. The number of nitrogens with zero attached hydrogens (tertiary/aromatic N) is 1. The van der Waals surface area contributed by atoms with Crippen LogP contribution in [0.5, 0.6) is 0 Å². The van der Waals surface area contributed by atoms with Crippen LogP contribution < -0.4 is 4.90 Å². The Hall–Kier alpha value is -1.55. The number of thioether (sulfide) groups is 1. The number of rotatable bonds is 1. The first-order valence-corrected chi connectivity index (χ1v) is 11.4. The van der Waals surface area contributed by atoms with Crippen molar-refractivity contribution in [1.82, 2.24) is 0 Å². The molecule has 0 aromatic heterocycles. The summed E-state index contributed by atoms with van der Waals surface area (Å²) in [5, 5.41) is 0. The summed E-state index contributed by atoms with van der Waals surface area (Å²) in [7, 11) is 0. The molecule has 27 heavy (non-hydrogen) atoms. The van der Waals surface area contributed by atoms with E-state index in [2.05, 4.69) is 23.9 Å². The Morgan fingerprint density at radius 3 is 2.19 bits per heavy atom. The Labute approximate surface area is 164 Å². The van der Waals surface area contributed by atoms with E-state index in [1.165, 1.54) is 49.2 Å². The van der Waals surface area contributed by atoms with Gasteiger partial charge < -0.3 is 0 Å². The predicted octanol–water partition coefficient (Wildman–Crippen LogP) is 4.43. The highest BCUT2D eigenvalue weighted by Crippen LogP contribution is 2.73. The molecule has 2 saturated carbocycles. The summed E-state index contributed by atoms with van der Waals surface area (Å²) in [6.07, 6.45) is 12.2. The van der Waals surface area contributed by atoms with Crippen molar-refractivity contribution in [2.75, 3.05) is 10.7 Å². The number of anilines is 1. The van der Waals surface area contributed by atoms with Gasteiger partial charge in [-0.05, 0) is 54.9 Å². The van der Waals surface area contributed by atoms with Crippen molar-refractivity contribution in [3.63, 3.8) is 0 Å². The molecule has 5 atom stereocenters. The van der Waals surface area contributed by atoms with Crippen LogP contribution in [0.2, 0.25) is 0 Å². The van der Waals surface area contributed by atoms with Gasteiger partial charge in [-0.25, -0.2) is 0 Å². The van der Waals surface area contributed by atoms with Gasteiger partial charge in [0.15, 0.2) is 0 Å². The van der Waals surface area contributed by atoms with Crippen molar-refractivity contribution >= 4 is 29.3 Å². The largest absolute Gasteiger partial charge is 0.274 e. The third kappa shape index (κ3) is 1.81. The van der Waals surface area contributed by atoms with E-state index in [1.54, 1.807) is 0 Å². The molecule has 1 aromatic rings. The lowest BCUT2D eigenvalue weighted by Crippen LogP contribution is -2.63. The van der Waals surface area contributed by atoms with E-state index in [0.717, 1.165) is 5.69 Å². The maximum atomic E-state index is 13.5. The quantitative estimate of drug-likeness (QED) is 0.535. The zero-order valence-electron chi connectivity index (χ0n) is 15.5. The van der Waals surface area contributed by atoms with Crippen LogP contribution >= 0.6 is 11.8 Å². The van der Waals surface area contributed by atoms with Gasteiger partial charge in [0, 0.05) is 10.7 Å². The number of allylic oxidation sites excluding steroid dienone is 2. The summed E-state index contributed by atoms with van der Waals surface area (Å²) in [4.78, 5) is 28.6. The highest BCUT2D eigenvalue weighted by Gasteiger charge is 2.73. The summed E-state index contributed by atoms with van der Waals surface area (Å²) in [5.74, 6) is 1.49. The lowest BCUT2D eigenvalue weighted by Gasteiger charge is -2.62. The van der Waals surface area contributed by atoms with Gasteiger partial charge in [-0.1, -0.05) is 43.2 Å². The number of benzene rings is 1. The van der Waals surface area contributed by atoms with Crippen molar-refractivity contribution in [3.05, 3.63) is 42.5 Å². The average Bonchev–Trinajstić information content (AvgIpc) is 3.42. The van der Waals surface area contributed by atoms with Gasteiger partial charge in [-0.2, -0.15) is 11.8 Å². The molecule has 140 valence electrons. The van der Waals surface area contributed by atoms with Gasteiger partial charge in [-0.15, -0.1) is 0 Å². The third-order valence-corrected chi connectivity index (χ3v) is 10.2. The Bertz CT molecular complexity index is 785. The number of carbonyl (C=O) groups excluding carboxylic acids is 2. The van der Waals surface area contributed by atoms with E-state index in [4.69, 9.17) is 0 Å². The summed E-state index contributed by atoms with van der Waals surface area (Å²) in [5.41, 5.74) is 0.979. The Kier molecular flexibility index (Phi) is 3.34. The van der Waals surface area contributed by atoms with E-state index in [9.17, 15) is 9.59 Å². The summed E-state index contributed by atoms with van der Waals surface area (Å²) < 4.78 is 0.187. The molecule has 2 bridgehead atoms. The Morgan fingerprint density at radius 1 is 0.852 bits per heavy atom. The molecule has 2 heterocycles. The van der Waals surface area contributed by atoms with Crippen molar-refractivity contribution in [3.8, 4) is 0 Å². The Morgan fingerprint density at radius 2 is 1.52 bits per heavy atom. The second-order valence-electron chi connectivity index (χ2n) is 9.04. The second kappa shape index (κ2) is 5.50. The molecule has 0 unspecified atom stereocenters. The van der Waals surface area contributed by atoms with Crippen LogP contribution in [-0.4, -0.2) is 22.3 Å². The first kappa shape index (κ1) is 16.4. The highest BCUT2D eigenvalue weighted by molar-refractivity contribution is 8.01. The molecular formula is C23H25NO2S. The van der Waals surface area contributed by atoms with Crippen LogP contribution in [0.25, 0.3) is 0 Å². The summed E-state index contributed by atoms with van der Waals surface area (Å²) >= 11 is 2.14. The smallest absolute Gasteiger partial charge is 0.238 e. The number of hydrogen-bond acceptors (Lipinski definition) is 3. The van der Waals surface area contributed by atoms with Crippen LogP contribution in [0.15, 0.2) is 42.5 Å². The summed E-state index contributed by atoms with van der Waals surface area (Å²) in [6.45, 7) is 0. The lowest BCUT2D eigenvalue weighted by atomic mass is 9.45. The molecule has 0 N–H and O–H groups in total. The van der Waals surface area contributed by atoms with Gasteiger partial charge >= 0.3 is 0 Å². The zero-order chi connectivity index (χ0) is 18.2. The molecule has 1 aromatic carbocycles. The molecule has 6 aliphatic rings. The number of carbonyl (C=O) groups is 2. The maximum Gasteiger partial charge on any atom is 0.238 e. The Balaban J connectivity index is 1.50. The monoisotopic (exact) mass is 379 g/mol. The molecule has 0 radical (unpaired) electrons. The lowest BCUT2D eigenvalue weighted by molar-refractivity contribution is -0.133. The minimum atomic E-state index is -0.149. The first-order chi connectivity index (χ1) is 13.2. The SMILES string of the molecule is O=C1[C@@H]2[C@H](C(=O)N1c1ccccc1)[C@@H]1C=C[C@H]2[C@@]2(CCCS2)C12CCCC2. The molecular weight excluding hydrogens is 354 g/mol. The molecule has 3 nitrogen and oxygen atoms in total. The standard InChI is InChI=1S/C23H25NO2S/c25-20-18-16-9-10-17(19(18)21(26)24(20)15-7-2-1-3-8-15)23(13-6-14-27-23)22(16)11-4-5-12-22/h1-3,7-10,16-19H,4-6,11-14H2/t16-,17+,18+,19-,23-/m0/s1. The maximum absolute atomic E-state index is 13.5. The van der Waals surface area contributed by atoms with Crippen molar-refractivity contribution < 1.29 is 9.59 Å². The van der Waals surface area contributed by atoms with Crippen LogP contribution in [0.3, 0.4) is 0 Å². The number of amides is 2. The van der Waals surface area contributed by atoms with Crippen LogP contribution in [-0.2, 0) is 9.59 Å². The van der Waals surface area contributed by atoms with E-state index >= 15 is 0 Å². The minimum Gasteiger partial charge on any atom is -0.274 e. The van der Waals surface area contributed by atoms with Gasteiger partial charge in [0.2, 0.25) is 11.8 Å². The first-order valence-electron chi connectivity index (χ1n) is 10.4. The van der Waals surface area contributed by atoms with E-state index in [0.29, 0.717) is 0 Å². The molecule has 4 fully saturated rings. The van der Waals surface area contributed by atoms with Crippen LogP contribution in [0.1, 0.15) is 38.5 Å². The fourth-order valence-corrected chi connectivity index (χ4v) is 9.43. The molecule has 2 aliphatic heterocycles. The van der Waals surface area contributed by atoms with Gasteiger partial charge in [0.25, 0.3) is 0 Å². The zero-order valence-corrected chi connectivity index (χ0v) is 16.3. The fourth-order valence-electron chi connectivity index (χ4n) is 7.44. The summed E-state index contributed by atoms with van der Waals surface area (Å²) in [6, 6.07) is 9.56. The molecule has 4 heteroatoms. The van der Waals surface area contributed by atoms with Crippen molar-refractivity contribution in [2.24, 2.45) is 29.1 Å². The molecule has 7 rings (SSSR count). The van der Waals surface area contributed by atoms with Crippen molar-refractivity contribution in [1.29, 1.82) is 0 Å². The van der Waals surface area contributed by atoms with Crippen molar-refractivity contribution in [2.45, 2.75) is 43.3 Å². The third-order valence-electron chi connectivity index (χ3n) is 8.28. The van der Waals surface area contributed by atoms with E-state index in [-0.39, 0.29) is 45.6 Å². The van der Waals surface area contributed by atoms with Crippen LogP contribution in [0, 0.1) is 29.1 Å². The van der Waals surface area contributed by atoms with E-state index in [1.807, 2.05) is 30.3 Å². The number of para-hydroxylation sites is 1. The normalized spacial score (nSPS) is 41.3.